The molecule has 1 heterocycles. The number of aromatic nitrogens is 2. The van der Waals surface area contributed by atoms with E-state index >= 15 is 0 Å². The summed E-state index contributed by atoms with van der Waals surface area (Å²) in [6.07, 6.45) is 4.49. The molecule has 0 unspecified atom stereocenters. The molecule has 2 rings (SSSR count). The quantitative estimate of drug-likeness (QED) is 0.808. The molecule has 4 nitrogen and oxygen atoms in total. The maximum Gasteiger partial charge on any atom is 0.238 e. The topological polar surface area (TPSA) is 47.0 Å². The molecule has 0 bridgehead atoms. The van der Waals surface area contributed by atoms with Gasteiger partial charge >= 0.3 is 0 Å². The molecule has 0 spiro atoms. The van der Waals surface area contributed by atoms with Crippen LogP contribution in [0.15, 0.2) is 36.7 Å². The Kier molecular flexibility index (Phi) is 4.86. The number of benzene rings is 1. The molecule has 0 atom stereocenters. The average molecular weight is 257 g/mol. The van der Waals surface area contributed by atoms with Gasteiger partial charge in [0.1, 0.15) is 5.75 Å². The molecular weight excluding hydrogens is 238 g/mol. The third-order valence-corrected chi connectivity index (χ3v) is 2.64. The van der Waals surface area contributed by atoms with E-state index in [1.165, 1.54) is 5.56 Å². The van der Waals surface area contributed by atoms with Gasteiger partial charge in [0.15, 0.2) is 0 Å². The summed E-state index contributed by atoms with van der Waals surface area (Å²) in [6.45, 7) is 5.87. The van der Waals surface area contributed by atoms with Crippen LogP contribution in [0.1, 0.15) is 24.6 Å². The predicted octanol–water partition coefficient (Wildman–Crippen LogP) is 3.08. The molecule has 0 fully saturated rings. The van der Waals surface area contributed by atoms with Crippen molar-refractivity contribution < 1.29 is 4.74 Å². The minimum absolute atomic E-state index is 0.527. The SMILES string of the molecule is CCCNCc1cncc(Oc2ccc(C)cc2)n1. The highest BCUT2D eigenvalue weighted by molar-refractivity contribution is 5.29. The van der Waals surface area contributed by atoms with Gasteiger partial charge in [0, 0.05) is 12.7 Å². The zero-order valence-corrected chi connectivity index (χ0v) is 11.4. The van der Waals surface area contributed by atoms with Crippen molar-refractivity contribution >= 4 is 0 Å². The monoisotopic (exact) mass is 257 g/mol. The lowest BCUT2D eigenvalue weighted by atomic mass is 10.2. The molecule has 19 heavy (non-hydrogen) atoms. The first-order chi connectivity index (χ1) is 9.28. The zero-order chi connectivity index (χ0) is 13.5. The van der Waals surface area contributed by atoms with Gasteiger partial charge in [-0.1, -0.05) is 24.6 Å². The van der Waals surface area contributed by atoms with Gasteiger partial charge in [0.05, 0.1) is 11.9 Å². The smallest absolute Gasteiger partial charge is 0.238 e. The molecule has 2 aromatic rings. The highest BCUT2D eigenvalue weighted by Gasteiger charge is 2.01. The second kappa shape index (κ2) is 6.85. The van der Waals surface area contributed by atoms with Crippen LogP contribution in [0.5, 0.6) is 11.6 Å². The van der Waals surface area contributed by atoms with Crippen molar-refractivity contribution in [3.05, 3.63) is 47.9 Å². The van der Waals surface area contributed by atoms with E-state index in [2.05, 4.69) is 22.2 Å². The normalized spacial score (nSPS) is 10.4. The lowest BCUT2D eigenvalue weighted by Crippen LogP contribution is -2.15. The third-order valence-electron chi connectivity index (χ3n) is 2.64. The number of aryl methyl sites for hydroxylation is 1. The van der Waals surface area contributed by atoms with Crippen LogP contribution in [0.2, 0.25) is 0 Å². The van der Waals surface area contributed by atoms with Gasteiger partial charge in [-0.15, -0.1) is 0 Å². The van der Waals surface area contributed by atoms with E-state index < -0.39 is 0 Å². The van der Waals surface area contributed by atoms with Crippen molar-refractivity contribution in [2.75, 3.05) is 6.54 Å². The fourth-order valence-electron chi connectivity index (χ4n) is 1.64. The summed E-state index contributed by atoms with van der Waals surface area (Å²) in [4.78, 5) is 8.56. The van der Waals surface area contributed by atoms with Crippen LogP contribution in [0.25, 0.3) is 0 Å². The fourth-order valence-corrected chi connectivity index (χ4v) is 1.64. The van der Waals surface area contributed by atoms with E-state index in [-0.39, 0.29) is 0 Å². The van der Waals surface area contributed by atoms with Gasteiger partial charge in [-0.05, 0) is 32.0 Å². The lowest BCUT2D eigenvalue weighted by Gasteiger charge is -2.07. The van der Waals surface area contributed by atoms with Gasteiger partial charge < -0.3 is 10.1 Å². The molecule has 0 aliphatic heterocycles. The largest absolute Gasteiger partial charge is 0.437 e. The average Bonchev–Trinajstić information content (AvgIpc) is 2.42. The second-order valence-corrected chi connectivity index (χ2v) is 4.44. The molecule has 0 amide bonds. The van der Waals surface area contributed by atoms with Gasteiger partial charge in [-0.3, -0.25) is 4.98 Å². The molecule has 1 aromatic carbocycles. The number of hydrogen-bond donors (Lipinski definition) is 1. The molecule has 100 valence electrons. The van der Waals surface area contributed by atoms with Crippen molar-refractivity contribution in [1.82, 2.24) is 15.3 Å². The van der Waals surface area contributed by atoms with Crippen LogP contribution in [0, 0.1) is 6.92 Å². The third kappa shape index (κ3) is 4.34. The fraction of sp³-hybridized carbons (Fsp3) is 0.333. The minimum atomic E-state index is 0.527. The summed E-state index contributed by atoms with van der Waals surface area (Å²) in [7, 11) is 0. The molecule has 0 saturated heterocycles. The van der Waals surface area contributed by atoms with Crippen LogP contribution in [0.3, 0.4) is 0 Å². The zero-order valence-electron chi connectivity index (χ0n) is 11.4. The number of rotatable bonds is 6. The first-order valence-electron chi connectivity index (χ1n) is 6.54. The molecule has 1 N–H and O–H groups in total. The first-order valence-corrected chi connectivity index (χ1v) is 6.54. The van der Waals surface area contributed by atoms with E-state index in [1.807, 2.05) is 31.2 Å². The summed E-state index contributed by atoms with van der Waals surface area (Å²) < 4.78 is 5.68. The molecular formula is C15H19N3O. The number of hydrogen-bond acceptors (Lipinski definition) is 4. The molecule has 0 aliphatic carbocycles. The standard InChI is InChI=1S/C15H19N3O/c1-3-8-16-9-13-10-17-11-15(18-13)19-14-6-4-12(2)5-7-14/h4-7,10-11,16H,3,8-9H2,1-2H3. The molecule has 0 radical (unpaired) electrons. The van der Waals surface area contributed by atoms with Crippen LogP contribution >= 0.6 is 0 Å². The van der Waals surface area contributed by atoms with E-state index in [1.54, 1.807) is 12.4 Å². The maximum atomic E-state index is 5.68. The Bertz CT molecular complexity index is 511. The maximum absolute atomic E-state index is 5.68. The number of ether oxygens (including phenoxy) is 1. The summed E-state index contributed by atoms with van der Waals surface area (Å²) in [5, 5.41) is 3.29. The predicted molar refractivity (Wildman–Crippen MR) is 75.3 cm³/mol. The molecule has 4 heteroatoms. The van der Waals surface area contributed by atoms with Crippen molar-refractivity contribution in [2.45, 2.75) is 26.8 Å². The lowest BCUT2D eigenvalue weighted by molar-refractivity contribution is 0.456. The van der Waals surface area contributed by atoms with E-state index in [4.69, 9.17) is 4.74 Å². The molecule has 0 aliphatic rings. The summed E-state index contributed by atoms with van der Waals surface area (Å²) in [5.41, 5.74) is 2.09. The highest BCUT2D eigenvalue weighted by Crippen LogP contribution is 2.18. The first kappa shape index (κ1) is 13.5. The van der Waals surface area contributed by atoms with Crippen molar-refractivity contribution in [1.29, 1.82) is 0 Å². The Balaban J connectivity index is 2.00. The van der Waals surface area contributed by atoms with Crippen molar-refractivity contribution in [3.63, 3.8) is 0 Å². The van der Waals surface area contributed by atoms with Gasteiger partial charge in [0.2, 0.25) is 5.88 Å². The minimum Gasteiger partial charge on any atom is -0.437 e. The number of nitrogens with one attached hydrogen (secondary N) is 1. The highest BCUT2D eigenvalue weighted by atomic mass is 16.5. The Hall–Kier alpha value is -1.94. The van der Waals surface area contributed by atoms with Crippen LogP contribution < -0.4 is 10.1 Å². The Morgan fingerprint density at radius 3 is 2.68 bits per heavy atom. The van der Waals surface area contributed by atoms with Gasteiger partial charge in [0.25, 0.3) is 0 Å². The molecule has 1 aromatic heterocycles. The van der Waals surface area contributed by atoms with Gasteiger partial charge in [-0.25, -0.2) is 4.98 Å². The summed E-state index contributed by atoms with van der Waals surface area (Å²) >= 11 is 0. The van der Waals surface area contributed by atoms with Gasteiger partial charge in [-0.2, -0.15) is 0 Å². The van der Waals surface area contributed by atoms with Crippen molar-refractivity contribution in [3.8, 4) is 11.6 Å². The van der Waals surface area contributed by atoms with Crippen LogP contribution in [-0.4, -0.2) is 16.5 Å². The summed E-state index contributed by atoms with van der Waals surface area (Å²) in [5.74, 6) is 1.30. The Morgan fingerprint density at radius 2 is 1.95 bits per heavy atom. The van der Waals surface area contributed by atoms with Crippen LogP contribution in [0.4, 0.5) is 0 Å². The summed E-state index contributed by atoms with van der Waals surface area (Å²) in [6, 6.07) is 7.88. The van der Waals surface area contributed by atoms with E-state index in [0.717, 1.165) is 24.4 Å². The van der Waals surface area contributed by atoms with E-state index in [0.29, 0.717) is 12.4 Å². The second-order valence-electron chi connectivity index (χ2n) is 4.44. The van der Waals surface area contributed by atoms with Crippen molar-refractivity contribution in [2.24, 2.45) is 0 Å². The molecule has 0 saturated carbocycles. The Morgan fingerprint density at radius 1 is 1.16 bits per heavy atom. The number of nitrogens with zero attached hydrogens (tertiary/aromatic N) is 2. The van der Waals surface area contributed by atoms with Crippen LogP contribution in [-0.2, 0) is 6.54 Å². The van der Waals surface area contributed by atoms with E-state index in [9.17, 15) is 0 Å². The Labute approximate surface area is 113 Å².